The van der Waals surface area contributed by atoms with E-state index in [1.54, 1.807) is 5.32 Å². The highest BCUT2D eigenvalue weighted by atomic mass is 19.3. The van der Waals surface area contributed by atoms with Crippen molar-refractivity contribution in [3.8, 4) is 11.1 Å². The lowest BCUT2D eigenvalue weighted by Gasteiger charge is -2.17. The predicted molar refractivity (Wildman–Crippen MR) is 85.6 cm³/mol. The van der Waals surface area contributed by atoms with Gasteiger partial charge in [0.25, 0.3) is 6.43 Å². The number of hydrogen-bond donors (Lipinski definition) is 2. The Hall–Kier alpha value is -2.96. The summed E-state index contributed by atoms with van der Waals surface area (Å²) in [6, 6.07) is 13.0. The number of fused-ring (bicyclic) bond motifs is 3. The number of carbonyl (C=O) groups is 2. The van der Waals surface area contributed by atoms with Crippen molar-refractivity contribution in [3.05, 3.63) is 59.7 Å². The summed E-state index contributed by atoms with van der Waals surface area (Å²) in [7, 11) is 0. The lowest BCUT2D eigenvalue weighted by Crippen LogP contribution is -2.46. The number of alkyl carbamates (subject to hydrolysis) is 1. The minimum atomic E-state index is -3.22. The third kappa shape index (κ3) is 3.31. The molecule has 0 aliphatic heterocycles. The van der Waals surface area contributed by atoms with Crippen molar-refractivity contribution >= 4 is 12.1 Å². The summed E-state index contributed by atoms with van der Waals surface area (Å²) >= 11 is 0. The first-order chi connectivity index (χ1) is 12.0. The van der Waals surface area contributed by atoms with Gasteiger partial charge in [-0.15, -0.1) is 0 Å². The molecule has 0 heterocycles. The van der Waals surface area contributed by atoms with Crippen LogP contribution in [-0.2, 0) is 9.53 Å². The van der Waals surface area contributed by atoms with Gasteiger partial charge in [-0.1, -0.05) is 48.5 Å². The summed E-state index contributed by atoms with van der Waals surface area (Å²) < 4.78 is 30.2. The minimum Gasteiger partial charge on any atom is -0.480 e. The highest BCUT2D eigenvalue weighted by Crippen LogP contribution is 2.44. The molecule has 0 spiro atoms. The Bertz CT molecular complexity index is 764. The molecule has 0 bridgehead atoms. The maximum absolute atomic E-state index is 12.6. The van der Waals surface area contributed by atoms with Crippen LogP contribution in [0.2, 0.25) is 0 Å². The van der Waals surface area contributed by atoms with Crippen molar-refractivity contribution < 1.29 is 28.2 Å². The van der Waals surface area contributed by atoms with Crippen LogP contribution >= 0.6 is 0 Å². The number of halogens is 2. The Kier molecular flexibility index (Phi) is 4.65. The first kappa shape index (κ1) is 16.9. The molecule has 5 nitrogen and oxygen atoms in total. The first-order valence-corrected chi connectivity index (χ1v) is 7.61. The molecule has 0 unspecified atom stereocenters. The van der Waals surface area contributed by atoms with Crippen LogP contribution < -0.4 is 5.32 Å². The van der Waals surface area contributed by atoms with Crippen molar-refractivity contribution in [2.45, 2.75) is 18.4 Å². The van der Waals surface area contributed by atoms with Crippen LogP contribution in [0, 0.1) is 0 Å². The zero-order valence-electron chi connectivity index (χ0n) is 13.0. The average molecular weight is 347 g/mol. The number of carboxylic acids is 1. The van der Waals surface area contributed by atoms with Crippen LogP contribution in [0.1, 0.15) is 17.0 Å². The van der Waals surface area contributed by atoms with Gasteiger partial charge in [0.05, 0.1) is 0 Å². The van der Waals surface area contributed by atoms with Crippen LogP contribution in [0.25, 0.3) is 11.1 Å². The second kappa shape index (κ2) is 6.88. The number of aliphatic carboxylic acids is 1. The van der Waals surface area contributed by atoms with Crippen LogP contribution in [0.5, 0.6) is 0 Å². The van der Waals surface area contributed by atoms with Gasteiger partial charge < -0.3 is 15.2 Å². The Morgan fingerprint density at radius 3 is 2.04 bits per heavy atom. The van der Waals surface area contributed by atoms with Gasteiger partial charge in [0.15, 0.2) is 6.04 Å². The Labute approximate surface area is 142 Å². The molecule has 0 radical (unpaired) electrons. The highest BCUT2D eigenvalue weighted by molar-refractivity contribution is 5.81. The molecular weight excluding hydrogens is 332 g/mol. The summed E-state index contributed by atoms with van der Waals surface area (Å²) in [6.45, 7) is -0.0740. The number of rotatable bonds is 5. The van der Waals surface area contributed by atoms with Gasteiger partial charge in [0, 0.05) is 5.92 Å². The van der Waals surface area contributed by atoms with Gasteiger partial charge in [-0.2, -0.15) is 0 Å². The second-order valence-corrected chi connectivity index (χ2v) is 5.62. The van der Waals surface area contributed by atoms with Gasteiger partial charge >= 0.3 is 12.1 Å². The van der Waals surface area contributed by atoms with Gasteiger partial charge in [0.2, 0.25) is 0 Å². The fourth-order valence-electron chi connectivity index (χ4n) is 3.00. The molecule has 0 aromatic heterocycles. The molecule has 1 amide bonds. The molecule has 0 saturated carbocycles. The molecule has 25 heavy (non-hydrogen) atoms. The van der Waals surface area contributed by atoms with Crippen molar-refractivity contribution in [2.24, 2.45) is 0 Å². The molecule has 0 saturated heterocycles. The standard InChI is InChI=1S/C18H15F2NO4/c19-16(20)15(17(22)23)21-18(24)25-9-14-12-7-3-1-5-10(12)11-6-2-4-8-13(11)14/h1-8,14-16H,9H2,(H,21,24)(H,22,23)/t15-/m0/s1. The van der Waals surface area contributed by atoms with Crippen molar-refractivity contribution in [2.75, 3.05) is 6.61 Å². The second-order valence-electron chi connectivity index (χ2n) is 5.62. The molecule has 2 aromatic rings. The Morgan fingerprint density at radius 1 is 1.04 bits per heavy atom. The van der Waals surface area contributed by atoms with E-state index >= 15 is 0 Å². The van der Waals surface area contributed by atoms with E-state index in [0.717, 1.165) is 22.3 Å². The van der Waals surface area contributed by atoms with Gasteiger partial charge in [-0.05, 0) is 22.3 Å². The van der Waals surface area contributed by atoms with Gasteiger partial charge in [0.1, 0.15) is 6.61 Å². The van der Waals surface area contributed by atoms with E-state index in [0.29, 0.717) is 0 Å². The van der Waals surface area contributed by atoms with E-state index in [9.17, 15) is 18.4 Å². The van der Waals surface area contributed by atoms with Gasteiger partial charge in [-0.3, -0.25) is 0 Å². The number of ether oxygens (including phenoxy) is 1. The predicted octanol–water partition coefficient (Wildman–Crippen LogP) is 3.24. The number of carboxylic acid groups (broad SMARTS) is 1. The van der Waals surface area contributed by atoms with Crippen LogP contribution in [-0.4, -0.2) is 36.2 Å². The number of nitrogens with one attached hydrogen (secondary N) is 1. The summed E-state index contributed by atoms with van der Waals surface area (Å²) in [5.41, 5.74) is 4.01. The van der Waals surface area contributed by atoms with E-state index in [-0.39, 0.29) is 12.5 Å². The normalized spacial score (nSPS) is 13.9. The maximum Gasteiger partial charge on any atom is 0.408 e. The zero-order valence-corrected chi connectivity index (χ0v) is 13.0. The molecule has 2 N–H and O–H groups in total. The third-order valence-corrected chi connectivity index (χ3v) is 4.14. The largest absolute Gasteiger partial charge is 0.480 e. The quantitative estimate of drug-likeness (QED) is 0.871. The van der Waals surface area contributed by atoms with Crippen LogP contribution in [0.4, 0.5) is 13.6 Å². The maximum atomic E-state index is 12.6. The number of hydrogen-bond acceptors (Lipinski definition) is 3. The lowest BCUT2D eigenvalue weighted by atomic mass is 9.98. The summed E-state index contributed by atoms with van der Waals surface area (Å²) in [6.07, 6.45) is -4.41. The number of carbonyl (C=O) groups excluding carboxylic acids is 1. The summed E-state index contributed by atoms with van der Waals surface area (Å²) in [4.78, 5) is 22.4. The molecule has 2 aromatic carbocycles. The number of benzene rings is 2. The Morgan fingerprint density at radius 2 is 1.56 bits per heavy atom. The van der Waals surface area contributed by atoms with Crippen LogP contribution in [0.15, 0.2) is 48.5 Å². The SMILES string of the molecule is O=C(N[C@H](C(=O)O)C(F)F)OCC1c2ccccc2-c2ccccc21. The molecule has 0 fully saturated rings. The number of alkyl halides is 2. The van der Waals surface area contributed by atoms with Gasteiger partial charge in [-0.25, -0.2) is 18.4 Å². The molecule has 130 valence electrons. The fourth-order valence-corrected chi connectivity index (χ4v) is 3.00. The summed E-state index contributed by atoms with van der Waals surface area (Å²) in [5.74, 6) is -2.04. The van der Waals surface area contributed by atoms with E-state index in [1.165, 1.54) is 0 Å². The monoisotopic (exact) mass is 347 g/mol. The Balaban J connectivity index is 1.73. The topological polar surface area (TPSA) is 75.6 Å². The number of amides is 1. The summed E-state index contributed by atoms with van der Waals surface area (Å²) in [5, 5.41) is 10.4. The molecular formula is C18H15F2NO4. The fraction of sp³-hybridized carbons (Fsp3) is 0.222. The third-order valence-electron chi connectivity index (χ3n) is 4.14. The average Bonchev–Trinajstić information content (AvgIpc) is 2.91. The van der Waals surface area contributed by atoms with Crippen molar-refractivity contribution in [3.63, 3.8) is 0 Å². The van der Waals surface area contributed by atoms with E-state index < -0.39 is 24.5 Å². The molecule has 3 rings (SSSR count). The van der Waals surface area contributed by atoms with Crippen molar-refractivity contribution in [1.82, 2.24) is 5.32 Å². The zero-order chi connectivity index (χ0) is 18.0. The minimum absolute atomic E-state index is 0.0740. The first-order valence-electron chi connectivity index (χ1n) is 7.61. The highest BCUT2D eigenvalue weighted by Gasteiger charge is 2.32. The van der Waals surface area contributed by atoms with E-state index in [1.807, 2.05) is 48.5 Å². The molecule has 1 atom stereocenters. The van der Waals surface area contributed by atoms with E-state index in [4.69, 9.17) is 9.84 Å². The van der Waals surface area contributed by atoms with E-state index in [2.05, 4.69) is 0 Å². The lowest BCUT2D eigenvalue weighted by molar-refractivity contribution is -0.143. The molecule has 1 aliphatic rings. The van der Waals surface area contributed by atoms with Crippen molar-refractivity contribution in [1.29, 1.82) is 0 Å². The smallest absolute Gasteiger partial charge is 0.408 e. The molecule has 7 heteroatoms. The van der Waals surface area contributed by atoms with Crippen LogP contribution in [0.3, 0.4) is 0 Å². The molecule has 1 aliphatic carbocycles.